The van der Waals surface area contributed by atoms with Crippen LogP contribution in [0.15, 0.2) is 6.07 Å². The van der Waals surface area contributed by atoms with Crippen LogP contribution >= 0.6 is 0 Å². The number of hydrogen-bond donors (Lipinski definition) is 2. The number of nitrogens with one attached hydrogen (secondary N) is 1. The van der Waals surface area contributed by atoms with Crippen LogP contribution < -0.4 is 11.1 Å². The van der Waals surface area contributed by atoms with E-state index in [1.54, 1.807) is 6.07 Å². The molecule has 3 N–H and O–H groups in total. The van der Waals surface area contributed by atoms with Gasteiger partial charge in [-0.3, -0.25) is 4.79 Å². The first-order valence-electron chi connectivity index (χ1n) is 7.33. The van der Waals surface area contributed by atoms with E-state index >= 15 is 0 Å². The number of alkyl halides is 2. The smallest absolute Gasteiger partial charge is 0.290 e. The van der Waals surface area contributed by atoms with Crippen LogP contribution in [-0.4, -0.2) is 16.9 Å². The zero-order valence-electron chi connectivity index (χ0n) is 12.0. The summed E-state index contributed by atoms with van der Waals surface area (Å²) in [5, 5.41) is 3.36. The van der Waals surface area contributed by atoms with Gasteiger partial charge in [-0.2, -0.15) is 8.78 Å². The lowest BCUT2D eigenvalue weighted by Crippen LogP contribution is -2.28. The normalized spacial score (nSPS) is 21.1. The highest BCUT2D eigenvalue weighted by Crippen LogP contribution is 2.42. The molecule has 2 aliphatic rings. The molecule has 3 rings (SSSR count). The van der Waals surface area contributed by atoms with Gasteiger partial charge in [-0.15, -0.1) is 0 Å². The molecule has 0 radical (unpaired) electrons. The van der Waals surface area contributed by atoms with Crippen LogP contribution in [0.1, 0.15) is 53.5 Å². The Morgan fingerprint density at radius 1 is 1.57 bits per heavy atom. The van der Waals surface area contributed by atoms with Crippen LogP contribution in [-0.2, 0) is 18.9 Å². The summed E-state index contributed by atoms with van der Waals surface area (Å²) in [4.78, 5) is 15.1. The van der Waals surface area contributed by atoms with E-state index in [0.29, 0.717) is 30.5 Å². The highest BCUT2D eigenvalue weighted by molar-refractivity contribution is 5.91. The van der Waals surface area contributed by atoms with Crippen molar-refractivity contribution in [2.75, 3.05) is 0 Å². The number of amides is 1. The molecule has 0 saturated heterocycles. The molecule has 21 heavy (non-hydrogen) atoms. The number of halogens is 2. The Hall–Kier alpha value is -1.56. The number of carbonyl (C=O) groups excluding carboxylic acids is 1. The predicted octanol–water partition coefficient (Wildman–Crippen LogP) is 2.11. The van der Waals surface area contributed by atoms with Crippen LogP contribution in [0.2, 0.25) is 0 Å². The van der Waals surface area contributed by atoms with Gasteiger partial charge in [0.25, 0.3) is 11.8 Å². The average Bonchev–Trinajstić information content (AvgIpc) is 3.22. The summed E-state index contributed by atoms with van der Waals surface area (Å²) >= 11 is 0. The van der Waals surface area contributed by atoms with E-state index in [4.69, 9.17) is 5.73 Å². The first-order valence-corrected chi connectivity index (χ1v) is 7.33. The lowest BCUT2D eigenvalue weighted by Gasteiger charge is -2.16. The maximum atomic E-state index is 13.9. The number of fused-ring (bicyclic) bond motifs is 1. The topological polar surface area (TPSA) is 68.0 Å². The summed E-state index contributed by atoms with van der Waals surface area (Å²) in [6.07, 6.45) is 2.48. The molecule has 2 aliphatic carbocycles. The number of aromatic nitrogens is 1. The fourth-order valence-corrected chi connectivity index (χ4v) is 2.92. The monoisotopic (exact) mass is 295 g/mol. The Balaban J connectivity index is 1.89. The zero-order valence-corrected chi connectivity index (χ0v) is 12.0. The highest BCUT2D eigenvalue weighted by Gasteiger charge is 2.42. The van der Waals surface area contributed by atoms with Crippen LogP contribution in [0, 0.1) is 5.92 Å². The van der Waals surface area contributed by atoms with Crippen molar-refractivity contribution in [2.24, 2.45) is 11.7 Å². The molecule has 6 heteroatoms. The maximum Gasteiger partial charge on any atom is 0.290 e. The molecule has 1 aromatic rings. The molecule has 1 saturated carbocycles. The van der Waals surface area contributed by atoms with Crippen molar-refractivity contribution in [2.45, 2.75) is 51.1 Å². The standard InChI is InChI=1S/C15H19F2N3O/c1-8(9-2-3-9)19-7-10-6-12(14(18)21)20-13-11(10)4-5-15(13,16)17/h6,8-9,19H,2-5,7H2,1H3,(H2,18,21)/t8-/m0/s1. The van der Waals surface area contributed by atoms with E-state index < -0.39 is 11.8 Å². The second-order valence-corrected chi connectivity index (χ2v) is 6.07. The number of nitrogens with zero attached hydrogens (tertiary/aromatic N) is 1. The van der Waals surface area contributed by atoms with Crippen molar-refractivity contribution < 1.29 is 13.6 Å². The third kappa shape index (κ3) is 2.77. The fourth-order valence-electron chi connectivity index (χ4n) is 2.92. The number of primary amides is 1. The van der Waals surface area contributed by atoms with Gasteiger partial charge in [0.1, 0.15) is 11.4 Å². The van der Waals surface area contributed by atoms with Crippen molar-refractivity contribution >= 4 is 5.91 Å². The summed E-state index contributed by atoms with van der Waals surface area (Å²) < 4.78 is 27.7. The molecule has 0 aromatic carbocycles. The van der Waals surface area contributed by atoms with Crippen molar-refractivity contribution in [1.29, 1.82) is 0 Å². The number of carbonyl (C=O) groups is 1. The van der Waals surface area contributed by atoms with Gasteiger partial charge in [0.2, 0.25) is 0 Å². The summed E-state index contributed by atoms with van der Waals surface area (Å²) in [6.45, 7) is 2.57. The minimum Gasteiger partial charge on any atom is -0.364 e. The minimum atomic E-state index is -2.96. The Kier molecular flexibility index (Phi) is 3.43. The molecule has 0 spiro atoms. The van der Waals surface area contributed by atoms with Crippen molar-refractivity contribution in [3.8, 4) is 0 Å². The molecule has 1 fully saturated rings. The number of nitrogens with two attached hydrogens (primary N) is 1. The molecule has 4 nitrogen and oxygen atoms in total. The van der Waals surface area contributed by atoms with Crippen molar-refractivity contribution in [1.82, 2.24) is 10.3 Å². The summed E-state index contributed by atoms with van der Waals surface area (Å²) in [5.41, 5.74) is 6.16. The molecule has 1 atom stereocenters. The van der Waals surface area contributed by atoms with Crippen LogP contribution in [0.3, 0.4) is 0 Å². The quantitative estimate of drug-likeness (QED) is 0.874. The maximum absolute atomic E-state index is 13.9. The molecule has 114 valence electrons. The molecular formula is C15H19F2N3O. The van der Waals surface area contributed by atoms with E-state index in [-0.39, 0.29) is 17.8 Å². The highest BCUT2D eigenvalue weighted by atomic mass is 19.3. The predicted molar refractivity (Wildman–Crippen MR) is 74.0 cm³/mol. The number of hydrogen-bond acceptors (Lipinski definition) is 3. The molecule has 1 heterocycles. The first-order chi connectivity index (χ1) is 9.88. The van der Waals surface area contributed by atoms with E-state index in [0.717, 1.165) is 5.56 Å². The Morgan fingerprint density at radius 3 is 2.90 bits per heavy atom. The Labute approximate surface area is 122 Å². The summed E-state index contributed by atoms with van der Waals surface area (Å²) in [5.74, 6) is -3.05. The molecule has 0 unspecified atom stereocenters. The zero-order chi connectivity index (χ0) is 15.2. The van der Waals surface area contributed by atoms with Gasteiger partial charge in [0, 0.05) is 19.0 Å². The summed E-state index contributed by atoms with van der Waals surface area (Å²) in [6, 6.07) is 1.91. The lowest BCUT2D eigenvalue weighted by atomic mass is 10.0. The van der Waals surface area contributed by atoms with Crippen LogP contribution in [0.4, 0.5) is 8.78 Å². The minimum absolute atomic E-state index is 0.0776. The largest absolute Gasteiger partial charge is 0.364 e. The average molecular weight is 295 g/mol. The van der Waals surface area contributed by atoms with E-state index in [1.165, 1.54) is 12.8 Å². The van der Waals surface area contributed by atoms with Gasteiger partial charge >= 0.3 is 0 Å². The second-order valence-electron chi connectivity index (χ2n) is 6.07. The third-order valence-corrected chi connectivity index (χ3v) is 4.45. The third-order valence-electron chi connectivity index (χ3n) is 4.45. The number of rotatable bonds is 5. The van der Waals surface area contributed by atoms with Crippen molar-refractivity contribution in [3.05, 3.63) is 28.6 Å². The van der Waals surface area contributed by atoms with Gasteiger partial charge in [-0.25, -0.2) is 4.98 Å². The Bertz CT molecular complexity index is 585. The summed E-state index contributed by atoms with van der Waals surface area (Å²) in [7, 11) is 0. The van der Waals surface area contributed by atoms with Crippen LogP contribution in [0.5, 0.6) is 0 Å². The van der Waals surface area contributed by atoms with E-state index in [1.807, 2.05) is 0 Å². The SMILES string of the molecule is C[C@H](NCc1cc(C(N)=O)nc2c1CCC2(F)F)C1CC1. The number of pyridine rings is 1. The van der Waals surface area contributed by atoms with Crippen LogP contribution in [0.25, 0.3) is 0 Å². The lowest BCUT2D eigenvalue weighted by molar-refractivity contribution is -0.00602. The van der Waals surface area contributed by atoms with Crippen molar-refractivity contribution in [3.63, 3.8) is 0 Å². The van der Waals surface area contributed by atoms with E-state index in [2.05, 4.69) is 17.2 Å². The van der Waals surface area contributed by atoms with Gasteiger partial charge in [-0.05, 0) is 49.3 Å². The molecule has 0 aliphatic heterocycles. The molecule has 0 bridgehead atoms. The molecular weight excluding hydrogens is 276 g/mol. The first kappa shape index (κ1) is 14.4. The Morgan fingerprint density at radius 2 is 2.29 bits per heavy atom. The van der Waals surface area contributed by atoms with Gasteiger partial charge in [-0.1, -0.05) is 0 Å². The van der Waals surface area contributed by atoms with Gasteiger partial charge in [0.05, 0.1) is 0 Å². The van der Waals surface area contributed by atoms with Gasteiger partial charge < -0.3 is 11.1 Å². The fraction of sp³-hybridized carbons (Fsp3) is 0.600. The molecule has 1 aromatic heterocycles. The van der Waals surface area contributed by atoms with E-state index in [9.17, 15) is 13.6 Å². The second kappa shape index (κ2) is 5.02. The molecule has 1 amide bonds. The van der Waals surface area contributed by atoms with Gasteiger partial charge in [0.15, 0.2) is 0 Å².